The quantitative estimate of drug-likeness (QED) is 0.0261. The number of unbranched alkanes of at least 4 members (excludes halogenated alkanes) is 15. The van der Waals surface area contributed by atoms with Gasteiger partial charge < -0.3 is 40.3 Å². The molecular formula is C58H97NO8. The Labute approximate surface area is 408 Å². The Kier molecular flexibility index (Phi) is 43.0. The van der Waals surface area contributed by atoms with Crippen molar-refractivity contribution in [2.24, 2.45) is 0 Å². The van der Waals surface area contributed by atoms with E-state index in [1.54, 1.807) is 0 Å². The topological polar surface area (TPSA) is 149 Å². The summed E-state index contributed by atoms with van der Waals surface area (Å²) in [4.78, 5) is 12.8. The lowest BCUT2D eigenvalue weighted by molar-refractivity contribution is -0.302. The predicted octanol–water partition coefficient (Wildman–Crippen LogP) is 12.6. The number of hydrogen-bond acceptors (Lipinski definition) is 8. The minimum absolute atomic E-state index is 0.148. The van der Waals surface area contributed by atoms with E-state index in [1.165, 1.54) is 70.6 Å². The maximum Gasteiger partial charge on any atom is 0.220 e. The molecule has 7 unspecified atom stereocenters. The van der Waals surface area contributed by atoms with Crippen LogP contribution in [0, 0.1) is 0 Å². The van der Waals surface area contributed by atoms with Gasteiger partial charge in [0.15, 0.2) is 6.29 Å². The molecule has 1 aliphatic rings. The normalized spacial score (nSPS) is 20.6. The van der Waals surface area contributed by atoms with Gasteiger partial charge in [0.1, 0.15) is 24.4 Å². The number of allylic oxidation sites excluding steroid dienone is 18. The van der Waals surface area contributed by atoms with E-state index in [0.717, 1.165) is 96.3 Å². The molecule has 0 bridgehead atoms. The summed E-state index contributed by atoms with van der Waals surface area (Å²) in [6, 6.07) is -0.720. The summed E-state index contributed by atoms with van der Waals surface area (Å²) < 4.78 is 11.1. The van der Waals surface area contributed by atoms with Crippen LogP contribution in [-0.2, 0) is 14.3 Å². The Bertz CT molecular complexity index is 1410. The van der Waals surface area contributed by atoms with E-state index in [4.69, 9.17) is 9.47 Å². The zero-order valence-corrected chi connectivity index (χ0v) is 42.1. The molecule has 9 heteroatoms. The third kappa shape index (κ3) is 36.5. The van der Waals surface area contributed by atoms with Crippen LogP contribution in [0.1, 0.15) is 194 Å². The molecule has 0 spiro atoms. The van der Waals surface area contributed by atoms with Gasteiger partial charge in [-0.2, -0.15) is 0 Å². The molecule has 382 valence electrons. The summed E-state index contributed by atoms with van der Waals surface area (Å²) in [7, 11) is 0. The maximum absolute atomic E-state index is 12.8. The van der Waals surface area contributed by atoms with Crippen molar-refractivity contribution in [2.75, 3.05) is 13.2 Å². The molecule has 0 radical (unpaired) electrons. The number of carbonyl (C=O) groups is 1. The van der Waals surface area contributed by atoms with Crippen LogP contribution in [-0.4, -0.2) is 87.5 Å². The lowest BCUT2D eigenvalue weighted by Gasteiger charge is -2.40. The minimum Gasteiger partial charge on any atom is -0.394 e. The van der Waals surface area contributed by atoms with Gasteiger partial charge in [-0.3, -0.25) is 4.79 Å². The highest BCUT2D eigenvalue weighted by molar-refractivity contribution is 5.76. The molecule has 0 aromatic heterocycles. The second-order valence-corrected chi connectivity index (χ2v) is 17.9. The number of rotatable bonds is 43. The Hall–Kier alpha value is -3.15. The molecular weight excluding hydrogens is 839 g/mol. The Morgan fingerprint density at radius 1 is 0.522 bits per heavy atom. The fraction of sp³-hybridized carbons (Fsp3) is 0.672. The second-order valence-electron chi connectivity index (χ2n) is 17.9. The smallest absolute Gasteiger partial charge is 0.220 e. The molecule has 6 N–H and O–H groups in total. The molecule has 1 rings (SSSR count). The van der Waals surface area contributed by atoms with E-state index in [-0.39, 0.29) is 12.5 Å². The fourth-order valence-corrected chi connectivity index (χ4v) is 7.68. The van der Waals surface area contributed by atoms with Crippen molar-refractivity contribution in [1.29, 1.82) is 0 Å². The third-order valence-corrected chi connectivity index (χ3v) is 11.9. The SMILES string of the molecule is CC/C=C\C/C=C\C/C=C\C/C=C\C/C=C\C/C=C\C/C=C\C/C=C\C/C=C\CCCCCCCCCCCCCCCC(=O)NC(COC1OC(CO)C(O)C(O)C1O)C(O)CCCCC. The zero-order valence-electron chi connectivity index (χ0n) is 42.1. The van der Waals surface area contributed by atoms with Gasteiger partial charge in [0.25, 0.3) is 0 Å². The van der Waals surface area contributed by atoms with Crippen LogP contribution in [0.2, 0.25) is 0 Å². The van der Waals surface area contributed by atoms with Crippen LogP contribution in [0.15, 0.2) is 109 Å². The molecule has 9 nitrogen and oxygen atoms in total. The van der Waals surface area contributed by atoms with E-state index < -0.39 is 49.5 Å². The number of amides is 1. The first-order chi connectivity index (χ1) is 32.8. The average molecular weight is 936 g/mol. The molecule has 1 heterocycles. The van der Waals surface area contributed by atoms with Crippen molar-refractivity contribution < 1.29 is 39.8 Å². The molecule has 1 saturated heterocycles. The van der Waals surface area contributed by atoms with Crippen LogP contribution in [0.4, 0.5) is 0 Å². The summed E-state index contributed by atoms with van der Waals surface area (Å²) in [6.45, 7) is 3.53. The van der Waals surface area contributed by atoms with Crippen LogP contribution >= 0.6 is 0 Å². The van der Waals surface area contributed by atoms with Gasteiger partial charge in [-0.25, -0.2) is 0 Å². The number of aliphatic hydroxyl groups excluding tert-OH is 5. The number of hydrogen-bond donors (Lipinski definition) is 6. The van der Waals surface area contributed by atoms with Crippen molar-refractivity contribution in [3.63, 3.8) is 0 Å². The van der Waals surface area contributed by atoms with Gasteiger partial charge in [-0.05, 0) is 83.5 Å². The Morgan fingerprint density at radius 3 is 1.34 bits per heavy atom. The van der Waals surface area contributed by atoms with Crippen molar-refractivity contribution in [3.8, 4) is 0 Å². The molecule has 67 heavy (non-hydrogen) atoms. The molecule has 1 aliphatic heterocycles. The Morgan fingerprint density at radius 2 is 0.925 bits per heavy atom. The minimum atomic E-state index is -1.55. The van der Waals surface area contributed by atoms with Crippen LogP contribution < -0.4 is 5.32 Å². The predicted molar refractivity (Wildman–Crippen MR) is 281 cm³/mol. The molecule has 7 atom stereocenters. The number of carbonyl (C=O) groups excluding carboxylic acids is 1. The van der Waals surface area contributed by atoms with Gasteiger partial charge >= 0.3 is 0 Å². The van der Waals surface area contributed by atoms with E-state index >= 15 is 0 Å². The van der Waals surface area contributed by atoms with Crippen LogP contribution in [0.5, 0.6) is 0 Å². The first kappa shape index (κ1) is 61.9. The van der Waals surface area contributed by atoms with E-state index in [9.17, 15) is 30.3 Å². The zero-order chi connectivity index (χ0) is 48.7. The summed E-state index contributed by atoms with van der Waals surface area (Å²) in [5.74, 6) is -0.162. The number of aliphatic hydroxyl groups is 5. The molecule has 1 fully saturated rings. The summed E-state index contributed by atoms with van der Waals surface area (Å²) in [5.41, 5.74) is 0. The van der Waals surface area contributed by atoms with Gasteiger partial charge in [0.05, 0.1) is 25.4 Å². The van der Waals surface area contributed by atoms with Crippen LogP contribution in [0.25, 0.3) is 0 Å². The number of nitrogens with one attached hydrogen (secondary N) is 1. The van der Waals surface area contributed by atoms with Crippen molar-refractivity contribution in [3.05, 3.63) is 109 Å². The summed E-state index contributed by atoms with van der Waals surface area (Å²) in [5, 5.41) is 53.6. The summed E-state index contributed by atoms with van der Waals surface area (Å²) >= 11 is 0. The first-order valence-corrected chi connectivity index (χ1v) is 26.6. The second kappa shape index (κ2) is 46.6. The highest BCUT2D eigenvalue weighted by atomic mass is 16.7. The van der Waals surface area contributed by atoms with E-state index in [0.29, 0.717) is 12.8 Å². The van der Waals surface area contributed by atoms with Gasteiger partial charge in [-0.15, -0.1) is 0 Å². The monoisotopic (exact) mass is 936 g/mol. The van der Waals surface area contributed by atoms with Crippen molar-refractivity contribution in [1.82, 2.24) is 5.32 Å². The van der Waals surface area contributed by atoms with Gasteiger partial charge in [-0.1, -0.05) is 213 Å². The maximum atomic E-state index is 12.8. The average Bonchev–Trinajstić information content (AvgIpc) is 3.33. The largest absolute Gasteiger partial charge is 0.394 e. The molecule has 0 aromatic rings. The first-order valence-electron chi connectivity index (χ1n) is 26.6. The lowest BCUT2D eigenvalue weighted by atomic mass is 9.99. The van der Waals surface area contributed by atoms with Crippen LogP contribution in [0.3, 0.4) is 0 Å². The fourth-order valence-electron chi connectivity index (χ4n) is 7.68. The summed E-state index contributed by atoms with van der Waals surface area (Å²) in [6.07, 6.45) is 62.3. The lowest BCUT2D eigenvalue weighted by Crippen LogP contribution is -2.60. The van der Waals surface area contributed by atoms with Crippen molar-refractivity contribution in [2.45, 2.75) is 236 Å². The molecule has 0 aromatic carbocycles. The van der Waals surface area contributed by atoms with E-state index in [1.807, 2.05) is 0 Å². The van der Waals surface area contributed by atoms with E-state index in [2.05, 4.69) is 129 Å². The molecule has 1 amide bonds. The standard InChI is InChI=1S/C58H97NO8/c1-3-5-7-8-9-10-11-12-13-14-15-16-17-18-19-20-21-22-23-24-25-26-27-28-29-30-31-32-33-34-35-36-37-38-39-40-41-42-43-44-46-48-54(62)59-51(52(61)47-45-6-4-2)50-66-58-57(65)56(64)55(63)53(49-60)67-58/h5,7,9-10,12-13,15-16,18-19,21-22,24-25,27-28,30-31,51-53,55-58,60-61,63-65H,3-4,6,8,11,14,17,20,23,26,29,32-50H2,1-2H3,(H,59,62)/b7-5-,10-9-,13-12-,16-15-,19-18-,22-21-,25-24-,28-27-,31-30-. The molecule has 0 aliphatic carbocycles. The molecule has 0 saturated carbocycles. The highest BCUT2D eigenvalue weighted by Gasteiger charge is 2.44. The number of ether oxygens (including phenoxy) is 2. The Balaban J connectivity index is 1.98. The highest BCUT2D eigenvalue weighted by Crippen LogP contribution is 2.23. The van der Waals surface area contributed by atoms with Gasteiger partial charge in [0.2, 0.25) is 5.91 Å². The van der Waals surface area contributed by atoms with Crippen molar-refractivity contribution >= 4 is 5.91 Å². The third-order valence-electron chi connectivity index (χ3n) is 11.9. The van der Waals surface area contributed by atoms with Gasteiger partial charge in [0, 0.05) is 6.42 Å².